The second-order valence-electron chi connectivity index (χ2n) is 6.05. The van der Waals surface area contributed by atoms with E-state index >= 15 is 0 Å². The number of thioether (sulfide) groups is 1. The van der Waals surface area contributed by atoms with Crippen LogP contribution < -0.4 is 14.2 Å². The molecule has 1 aliphatic heterocycles. The van der Waals surface area contributed by atoms with Crippen LogP contribution in [0.5, 0.6) is 17.2 Å². The molecule has 0 N–H and O–H groups in total. The van der Waals surface area contributed by atoms with Crippen LogP contribution in [0.1, 0.15) is 18.5 Å². The third-order valence-electron chi connectivity index (χ3n) is 4.45. The Labute approximate surface area is 158 Å². The summed E-state index contributed by atoms with van der Waals surface area (Å²) in [7, 11) is 3.48. The summed E-state index contributed by atoms with van der Waals surface area (Å²) in [6.45, 7) is 3.16. The quantitative estimate of drug-likeness (QED) is 0.721. The number of carbonyl (C=O) groups excluding carboxylic acids is 1. The van der Waals surface area contributed by atoms with E-state index in [1.807, 2.05) is 56.4 Å². The van der Waals surface area contributed by atoms with E-state index in [1.54, 1.807) is 12.0 Å². The molecule has 0 saturated carbocycles. The Morgan fingerprint density at radius 3 is 2.54 bits per heavy atom. The van der Waals surface area contributed by atoms with Crippen LogP contribution in [0.2, 0.25) is 0 Å². The Morgan fingerprint density at radius 2 is 1.85 bits per heavy atom. The average molecular weight is 373 g/mol. The highest BCUT2D eigenvalue weighted by atomic mass is 32.2. The number of hydrogen-bond acceptors (Lipinski definition) is 5. The van der Waals surface area contributed by atoms with Crippen molar-refractivity contribution < 1.29 is 19.0 Å². The van der Waals surface area contributed by atoms with Crippen LogP contribution in [0.25, 0.3) is 0 Å². The van der Waals surface area contributed by atoms with E-state index in [-0.39, 0.29) is 11.9 Å². The van der Waals surface area contributed by atoms with Crippen molar-refractivity contribution in [1.82, 2.24) is 4.90 Å². The van der Waals surface area contributed by atoms with Gasteiger partial charge in [-0.25, -0.2) is 0 Å². The van der Waals surface area contributed by atoms with Crippen LogP contribution in [-0.4, -0.2) is 43.9 Å². The fourth-order valence-electron chi connectivity index (χ4n) is 2.68. The van der Waals surface area contributed by atoms with Gasteiger partial charge in [0.1, 0.15) is 19.0 Å². The fraction of sp³-hybridized carbons (Fsp3) is 0.350. The second kappa shape index (κ2) is 8.36. The van der Waals surface area contributed by atoms with Crippen LogP contribution in [0.3, 0.4) is 0 Å². The molecule has 0 fully saturated rings. The molecular weight excluding hydrogens is 350 g/mol. The summed E-state index contributed by atoms with van der Waals surface area (Å²) in [5.41, 5.74) is 1.07. The zero-order valence-corrected chi connectivity index (χ0v) is 16.0. The molecule has 3 rings (SSSR count). The summed E-state index contributed by atoms with van der Waals surface area (Å²) in [4.78, 5) is 15.3. The number of carbonyl (C=O) groups is 1. The first-order chi connectivity index (χ1) is 12.6. The van der Waals surface area contributed by atoms with Gasteiger partial charge in [0.2, 0.25) is 5.91 Å². The van der Waals surface area contributed by atoms with Crippen molar-refractivity contribution in [2.45, 2.75) is 17.9 Å². The van der Waals surface area contributed by atoms with Crippen molar-refractivity contribution >= 4 is 17.7 Å². The van der Waals surface area contributed by atoms with E-state index in [0.29, 0.717) is 19.0 Å². The topological polar surface area (TPSA) is 48.0 Å². The molecule has 1 heterocycles. The van der Waals surface area contributed by atoms with E-state index in [0.717, 1.165) is 27.7 Å². The summed E-state index contributed by atoms with van der Waals surface area (Å²) in [5, 5.41) is 0. The molecule has 0 aromatic heterocycles. The molecule has 2 aromatic rings. The van der Waals surface area contributed by atoms with E-state index in [4.69, 9.17) is 14.2 Å². The van der Waals surface area contributed by atoms with Crippen LogP contribution in [0, 0.1) is 0 Å². The van der Waals surface area contributed by atoms with Gasteiger partial charge in [0.05, 0.1) is 18.9 Å². The normalized spacial score (nSPS) is 13.8. The molecule has 1 unspecified atom stereocenters. The highest BCUT2D eigenvalue weighted by molar-refractivity contribution is 8.00. The number of ether oxygens (including phenoxy) is 3. The maximum absolute atomic E-state index is 12.6. The number of hydrogen-bond donors (Lipinski definition) is 0. The van der Waals surface area contributed by atoms with Gasteiger partial charge in [0, 0.05) is 11.9 Å². The third kappa shape index (κ3) is 4.25. The van der Waals surface area contributed by atoms with E-state index < -0.39 is 0 Å². The molecule has 0 saturated heterocycles. The smallest absolute Gasteiger partial charge is 0.233 e. The molecule has 0 spiro atoms. The zero-order chi connectivity index (χ0) is 18.5. The summed E-state index contributed by atoms with van der Waals surface area (Å²) >= 11 is 1.50. The lowest BCUT2D eigenvalue weighted by Gasteiger charge is -2.25. The van der Waals surface area contributed by atoms with Crippen molar-refractivity contribution in [1.29, 1.82) is 0 Å². The molecule has 26 heavy (non-hydrogen) atoms. The Bertz CT molecular complexity index is 763. The minimum Gasteiger partial charge on any atom is -0.497 e. The molecule has 5 nitrogen and oxygen atoms in total. The predicted octanol–water partition coefficient (Wildman–Crippen LogP) is 3.78. The van der Waals surface area contributed by atoms with E-state index in [9.17, 15) is 4.79 Å². The summed E-state index contributed by atoms with van der Waals surface area (Å²) in [6.07, 6.45) is 0. The van der Waals surface area contributed by atoms with Gasteiger partial charge in [-0.3, -0.25) is 4.79 Å². The van der Waals surface area contributed by atoms with Gasteiger partial charge in [0.15, 0.2) is 11.5 Å². The fourth-order valence-corrected chi connectivity index (χ4v) is 3.53. The van der Waals surface area contributed by atoms with Gasteiger partial charge in [-0.1, -0.05) is 12.1 Å². The van der Waals surface area contributed by atoms with Gasteiger partial charge in [-0.05, 0) is 42.8 Å². The van der Waals surface area contributed by atoms with Crippen LogP contribution >= 0.6 is 11.8 Å². The molecule has 2 aromatic carbocycles. The number of benzene rings is 2. The van der Waals surface area contributed by atoms with Gasteiger partial charge >= 0.3 is 0 Å². The Hall–Kier alpha value is -2.34. The second-order valence-corrected chi connectivity index (χ2v) is 7.10. The van der Waals surface area contributed by atoms with E-state index in [2.05, 4.69) is 0 Å². The molecule has 0 radical (unpaired) electrons. The van der Waals surface area contributed by atoms with E-state index in [1.165, 1.54) is 11.8 Å². The Morgan fingerprint density at radius 1 is 1.15 bits per heavy atom. The van der Waals surface area contributed by atoms with Gasteiger partial charge in [0.25, 0.3) is 0 Å². The Kier molecular flexibility index (Phi) is 5.93. The van der Waals surface area contributed by atoms with Crippen LogP contribution in [0.4, 0.5) is 0 Å². The number of amides is 1. The number of nitrogens with zero attached hydrogens (tertiary/aromatic N) is 1. The molecule has 0 bridgehead atoms. The SMILES string of the molecule is COc1ccc(C(C)N(C)C(=O)CSc2ccc3c(c2)OCCO3)cc1. The van der Waals surface area contributed by atoms with Crippen molar-refractivity contribution in [3.05, 3.63) is 48.0 Å². The van der Waals surface area contributed by atoms with Crippen molar-refractivity contribution in [3.8, 4) is 17.2 Å². The molecular formula is C20H23NO4S. The first kappa shape index (κ1) is 18.5. The van der Waals surface area contributed by atoms with Crippen LogP contribution in [-0.2, 0) is 4.79 Å². The van der Waals surface area contributed by atoms with Gasteiger partial charge < -0.3 is 19.1 Å². The summed E-state index contributed by atoms with van der Waals surface area (Å²) in [6, 6.07) is 13.6. The molecule has 1 atom stereocenters. The highest BCUT2D eigenvalue weighted by Gasteiger charge is 2.18. The zero-order valence-electron chi connectivity index (χ0n) is 15.2. The maximum Gasteiger partial charge on any atom is 0.233 e. The first-order valence-corrected chi connectivity index (χ1v) is 9.49. The number of methoxy groups -OCH3 is 1. The molecule has 6 heteroatoms. The lowest BCUT2D eigenvalue weighted by atomic mass is 10.1. The standard InChI is InChI=1S/C20H23NO4S/c1-14(15-4-6-16(23-3)7-5-15)21(2)20(22)13-26-17-8-9-18-19(12-17)25-11-10-24-18/h4-9,12,14H,10-11,13H2,1-3H3. The lowest BCUT2D eigenvalue weighted by molar-refractivity contribution is -0.128. The molecule has 138 valence electrons. The lowest BCUT2D eigenvalue weighted by Crippen LogP contribution is -2.31. The minimum atomic E-state index is -0.00530. The van der Waals surface area contributed by atoms with Gasteiger partial charge in [-0.15, -0.1) is 11.8 Å². The average Bonchev–Trinajstić information content (AvgIpc) is 2.70. The van der Waals surface area contributed by atoms with Crippen molar-refractivity contribution in [2.24, 2.45) is 0 Å². The predicted molar refractivity (Wildman–Crippen MR) is 102 cm³/mol. The molecule has 1 amide bonds. The molecule has 0 aliphatic carbocycles. The number of fused-ring (bicyclic) bond motifs is 1. The third-order valence-corrected chi connectivity index (χ3v) is 5.43. The Balaban J connectivity index is 1.58. The highest BCUT2D eigenvalue weighted by Crippen LogP contribution is 2.34. The summed E-state index contributed by atoms with van der Waals surface area (Å²) < 4.78 is 16.3. The summed E-state index contributed by atoms with van der Waals surface area (Å²) in [5.74, 6) is 2.76. The minimum absolute atomic E-state index is 0.00530. The monoisotopic (exact) mass is 373 g/mol. The van der Waals surface area contributed by atoms with Crippen molar-refractivity contribution in [3.63, 3.8) is 0 Å². The van der Waals surface area contributed by atoms with Crippen LogP contribution in [0.15, 0.2) is 47.4 Å². The number of rotatable bonds is 6. The van der Waals surface area contributed by atoms with Crippen molar-refractivity contribution in [2.75, 3.05) is 33.1 Å². The van der Waals surface area contributed by atoms with Gasteiger partial charge in [-0.2, -0.15) is 0 Å². The largest absolute Gasteiger partial charge is 0.497 e. The maximum atomic E-state index is 12.6. The molecule has 1 aliphatic rings. The first-order valence-electron chi connectivity index (χ1n) is 8.50.